The van der Waals surface area contributed by atoms with Crippen molar-refractivity contribution in [3.8, 4) is 17.2 Å². The third kappa shape index (κ3) is 6.83. The molecule has 48 heavy (non-hydrogen) atoms. The van der Waals surface area contributed by atoms with Crippen LogP contribution >= 0.6 is 0 Å². The van der Waals surface area contributed by atoms with Crippen LogP contribution in [0.15, 0.2) is 43.0 Å². The largest absolute Gasteiger partial charge is 0.490 e. The van der Waals surface area contributed by atoms with Gasteiger partial charge in [0, 0.05) is 87.7 Å². The summed E-state index contributed by atoms with van der Waals surface area (Å²) in [6.45, 7) is 13.5. The molecule has 3 aromatic rings. The lowest BCUT2D eigenvalue weighted by molar-refractivity contribution is -0.0353. The van der Waals surface area contributed by atoms with E-state index >= 15 is 0 Å². The Bertz CT molecular complexity index is 1600. The number of pyridine rings is 1. The van der Waals surface area contributed by atoms with Gasteiger partial charge in [-0.15, -0.1) is 0 Å². The van der Waals surface area contributed by atoms with Crippen molar-refractivity contribution in [3.63, 3.8) is 0 Å². The van der Waals surface area contributed by atoms with Gasteiger partial charge >= 0.3 is 0 Å². The van der Waals surface area contributed by atoms with E-state index in [1.807, 2.05) is 33.0 Å². The number of rotatable bonds is 11. The van der Waals surface area contributed by atoms with E-state index in [0.29, 0.717) is 18.1 Å². The normalized spacial score (nSPS) is 20.6. The van der Waals surface area contributed by atoms with E-state index in [1.165, 1.54) is 30.1 Å². The number of amides is 1. The average molecular weight is 660 g/mol. The van der Waals surface area contributed by atoms with Crippen LogP contribution in [-0.4, -0.2) is 101 Å². The quantitative estimate of drug-likeness (QED) is 0.317. The zero-order valence-electron chi connectivity index (χ0n) is 28.2. The third-order valence-electron chi connectivity index (χ3n) is 10.2. The maximum Gasteiger partial charge on any atom is 0.257 e. The molecule has 0 bridgehead atoms. The second-order valence-electron chi connectivity index (χ2n) is 13.9. The Morgan fingerprint density at radius 1 is 1.19 bits per heavy atom. The fraction of sp³-hybridized carbons (Fsp3) is 0.556. The molecule has 2 aromatic heterocycles. The maximum atomic E-state index is 14.3. The molecule has 1 saturated carbocycles. The van der Waals surface area contributed by atoms with Crippen LogP contribution in [0.2, 0.25) is 0 Å². The van der Waals surface area contributed by atoms with Crippen LogP contribution in [0.4, 0.5) is 10.2 Å². The monoisotopic (exact) mass is 659 g/mol. The minimum atomic E-state index is -0.492. The highest BCUT2D eigenvalue weighted by Gasteiger charge is 2.54. The first-order valence-corrected chi connectivity index (χ1v) is 17.3. The Morgan fingerprint density at radius 2 is 2.04 bits per heavy atom. The molecule has 2 saturated heterocycles. The first kappa shape index (κ1) is 32.7. The minimum Gasteiger partial charge on any atom is -0.490 e. The Labute approximate surface area is 281 Å². The fourth-order valence-electron chi connectivity index (χ4n) is 7.64. The van der Waals surface area contributed by atoms with Crippen molar-refractivity contribution in [2.45, 2.75) is 71.2 Å². The summed E-state index contributed by atoms with van der Waals surface area (Å²) < 4.78 is 33.1. The molecule has 1 spiro atoms. The van der Waals surface area contributed by atoms with Gasteiger partial charge in [0.15, 0.2) is 11.6 Å². The fourth-order valence-corrected chi connectivity index (χ4v) is 7.64. The van der Waals surface area contributed by atoms with Crippen molar-refractivity contribution < 1.29 is 23.4 Å². The summed E-state index contributed by atoms with van der Waals surface area (Å²) in [5, 5.41) is 3.42. The Balaban J connectivity index is 0.962. The second-order valence-corrected chi connectivity index (χ2v) is 13.9. The molecule has 1 aromatic carbocycles. The lowest BCUT2D eigenvalue weighted by Gasteiger charge is -2.59. The molecule has 1 atom stereocenters. The molecule has 12 heteroatoms. The number of fused-ring (bicyclic) bond motifs is 1. The SMILES string of the molecule is CCN(C(=O)c1cc(F)ccc1Oc1cncnc1N1CC2(CC(Oc3ccnc4c3CN(CCC3CNCCO3)CC4)C2)C1)C(C)C. The number of morpholine rings is 1. The smallest absolute Gasteiger partial charge is 0.257 e. The predicted octanol–water partition coefficient (Wildman–Crippen LogP) is 4.46. The highest BCUT2D eigenvalue weighted by molar-refractivity contribution is 5.97. The van der Waals surface area contributed by atoms with Crippen LogP contribution in [-0.2, 0) is 17.7 Å². The summed E-state index contributed by atoms with van der Waals surface area (Å²) in [4.78, 5) is 33.1. The van der Waals surface area contributed by atoms with Crippen LogP contribution in [0.25, 0.3) is 0 Å². The number of aromatic nitrogens is 3. The van der Waals surface area contributed by atoms with Crippen molar-refractivity contribution in [2.75, 3.05) is 57.3 Å². The van der Waals surface area contributed by atoms with Crippen molar-refractivity contribution in [1.82, 2.24) is 30.1 Å². The number of carbonyl (C=O) groups is 1. The third-order valence-corrected chi connectivity index (χ3v) is 10.2. The molecule has 3 aliphatic heterocycles. The van der Waals surface area contributed by atoms with Gasteiger partial charge < -0.3 is 29.3 Å². The van der Waals surface area contributed by atoms with Gasteiger partial charge in [0.25, 0.3) is 5.91 Å². The number of nitrogens with one attached hydrogen (secondary N) is 1. The van der Waals surface area contributed by atoms with Gasteiger partial charge in [-0.25, -0.2) is 14.4 Å². The van der Waals surface area contributed by atoms with Gasteiger partial charge in [0.2, 0.25) is 0 Å². The first-order chi connectivity index (χ1) is 23.3. The lowest BCUT2D eigenvalue weighted by Crippen LogP contribution is -2.65. The molecule has 7 rings (SSSR count). The summed E-state index contributed by atoms with van der Waals surface area (Å²) >= 11 is 0. The van der Waals surface area contributed by atoms with Crippen LogP contribution in [0.1, 0.15) is 61.6 Å². The van der Waals surface area contributed by atoms with Gasteiger partial charge in [-0.1, -0.05) is 0 Å². The summed E-state index contributed by atoms with van der Waals surface area (Å²) in [7, 11) is 0. The van der Waals surface area contributed by atoms with Gasteiger partial charge in [-0.05, 0) is 64.3 Å². The predicted molar refractivity (Wildman–Crippen MR) is 179 cm³/mol. The summed E-state index contributed by atoms with van der Waals surface area (Å²) in [5.41, 5.74) is 2.71. The maximum absolute atomic E-state index is 14.3. The molecule has 0 radical (unpaired) electrons. The topological polar surface area (TPSA) is 105 Å². The number of hydrogen-bond donors (Lipinski definition) is 1. The summed E-state index contributed by atoms with van der Waals surface area (Å²) in [5.74, 6) is 1.57. The second kappa shape index (κ2) is 13.9. The van der Waals surface area contributed by atoms with Crippen LogP contribution in [0.3, 0.4) is 0 Å². The molecule has 1 aliphatic carbocycles. The number of benzene rings is 1. The van der Waals surface area contributed by atoms with E-state index in [9.17, 15) is 9.18 Å². The van der Waals surface area contributed by atoms with Gasteiger partial charge in [-0.3, -0.25) is 14.7 Å². The van der Waals surface area contributed by atoms with Crippen molar-refractivity contribution in [3.05, 3.63) is 65.6 Å². The summed E-state index contributed by atoms with van der Waals surface area (Å²) in [6.07, 6.45) is 9.33. The molecular formula is C36H46FN7O4. The van der Waals surface area contributed by atoms with E-state index in [-0.39, 0.29) is 40.9 Å². The standard InChI is InChI=1S/C36H46FN7O4/c1-4-44(24(2)3)35(45)28-15-25(37)5-6-31(28)48-33-19-39-23-41-34(33)43-21-36(22-43)16-27(17-36)47-32-7-10-40-30-9-13-42(20-29(30)32)12-8-26-18-38-11-14-46-26/h5-7,10,15,19,23-24,26-27,38H,4,8-9,11-14,16-18,20-22H2,1-3H3. The van der Waals surface area contributed by atoms with E-state index in [2.05, 4.69) is 30.1 Å². The minimum absolute atomic E-state index is 0.0371. The van der Waals surface area contributed by atoms with Crippen LogP contribution in [0, 0.1) is 11.2 Å². The van der Waals surface area contributed by atoms with Gasteiger partial charge in [0.05, 0.1) is 24.5 Å². The van der Waals surface area contributed by atoms with Crippen molar-refractivity contribution in [1.29, 1.82) is 0 Å². The van der Waals surface area contributed by atoms with E-state index in [0.717, 1.165) is 89.5 Å². The van der Waals surface area contributed by atoms with E-state index < -0.39 is 5.82 Å². The van der Waals surface area contributed by atoms with E-state index in [4.69, 9.17) is 14.2 Å². The Kier molecular flexibility index (Phi) is 9.48. The number of halogens is 1. The molecule has 4 aliphatic rings. The molecule has 3 fully saturated rings. The number of anilines is 1. The Morgan fingerprint density at radius 3 is 2.81 bits per heavy atom. The van der Waals surface area contributed by atoms with E-state index in [1.54, 1.807) is 11.1 Å². The number of ether oxygens (including phenoxy) is 3. The lowest BCUT2D eigenvalue weighted by atomic mass is 9.61. The van der Waals surface area contributed by atoms with Crippen molar-refractivity contribution >= 4 is 11.7 Å². The van der Waals surface area contributed by atoms with Crippen LogP contribution in [0.5, 0.6) is 17.2 Å². The molecular weight excluding hydrogens is 613 g/mol. The number of hydrogen-bond acceptors (Lipinski definition) is 10. The number of carbonyl (C=O) groups excluding carboxylic acids is 1. The molecule has 11 nitrogen and oxygen atoms in total. The molecule has 1 amide bonds. The molecule has 256 valence electrons. The van der Waals surface area contributed by atoms with Crippen LogP contribution < -0.4 is 19.7 Å². The molecule has 5 heterocycles. The zero-order valence-corrected chi connectivity index (χ0v) is 28.2. The van der Waals surface area contributed by atoms with Gasteiger partial charge in [-0.2, -0.15) is 0 Å². The van der Waals surface area contributed by atoms with Gasteiger partial charge in [0.1, 0.15) is 29.7 Å². The molecule has 1 N–H and O–H groups in total. The highest BCUT2D eigenvalue weighted by Crippen LogP contribution is 2.52. The Hall–Kier alpha value is -3.87. The first-order valence-electron chi connectivity index (χ1n) is 17.3. The highest BCUT2D eigenvalue weighted by atomic mass is 19.1. The average Bonchev–Trinajstić information content (AvgIpc) is 3.06. The number of nitrogens with zero attached hydrogens (tertiary/aromatic N) is 6. The van der Waals surface area contributed by atoms with Crippen molar-refractivity contribution in [2.24, 2.45) is 5.41 Å². The molecule has 1 unspecified atom stereocenters. The zero-order chi connectivity index (χ0) is 33.3. The summed E-state index contributed by atoms with van der Waals surface area (Å²) in [6, 6.07) is 6.02.